The largest absolute Gasteiger partial charge is 0.445 e. The third-order valence-electron chi connectivity index (χ3n) is 7.73. The molecule has 4 atom stereocenters. The van der Waals surface area contributed by atoms with Crippen molar-refractivity contribution >= 4 is 11.8 Å². The van der Waals surface area contributed by atoms with Crippen LogP contribution < -0.4 is 5.32 Å². The summed E-state index contributed by atoms with van der Waals surface area (Å²) in [6.45, 7) is 9.69. The van der Waals surface area contributed by atoms with Crippen LogP contribution in [-0.4, -0.2) is 67.4 Å². The molecule has 0 unspecified atom stereocenters. The van der Waals surface area contributed by atoms with Gasteiger partial charge in [0.1, 0.15) is 6.61 Å². The first-order valence-electron chi connectivity index (χ1n) is 13.6. The van der Waals surface area contributed by atoms with Crippen LogP contribution in [0.3, 0.4) is 0 Å². The minimum absolute atomic E-state index is 0.00533. The second kappa shape index (κ2) is 12.6. The summed E-state index contributed by atoms with van der Waals surface area (Å²) in [5.74, 6) is -0.343. The van der Waals surface area contributed by atoms with Gasteiger partial charge in [0, 0.05) is 49.6 Å². The summed E-state index contributed by atoms with van der Waals surface area (Å²) < 4.78 is 30.0. The van der Waals surface area contributed by atoms with E-state index in [0.29, 0.717) is 18.9 Å². The van der Waals surface area contributed by atoms with Gasteiger partial charge < -0.3 is 33.7 Å². The number of aliphatic hydroxyl groups excluding tert-OH is 1. The van der Waals surface area contributed by atoms with Crippen molar-refractivity contribution in [2.75, 3.05) is 44.8 Å². The van der Waals surface area contributed by atoms with Gasteiger partial charge in [-0.25, -0.2) is 4.79 Å². The lowest BCUT2D eigenvalue weighted by Crippen LogP contribution is -2.50. The zero-order valence-corrected chi connectivity index (χ0v) is 22.4. The average molecular weight is 539 g/mol. The van der Waals surface area contributed by atoms with Crippen LogP contribution in [0.4, 0.5) is 10.5 Å². The summed E-state index contributed by atoms with van der Waals surface area (Å²) >= 11 is 0. The quantitative estimate of drug-likeness (QED) is 0.473. The van der Waals surface area contributed by atoms with Gasteiger partial charge in [0.15, 0.2) is 12.1 Å². The van der Waals surface area contributed by atoms with Crippen molar-refractivity contribution < 1.29 is 33.6 Å². The third kappa shape index (κ3) is 6.69. The maximum atomic E-state index is 12.1. The fourth-order valence-electron chi connectivity index (χ4n) is 5.50. The van der Waals surface area contributed by atoms with E-state index in [2.05, 4.69) is 23.7 Å². The first-order valence-corrected chi connectivity index (χ1v) is 13.6. The number of nitrogens with one attached hydrogen (secondary N) is 1. The number of nitrogens with zero attached hydrogens (tertiary/aromatic N) is 1. The Bertz CT molecular complexity index is 1110. The number of hydrogen-bond acceptors (Lipinski definition) is 8. The van der Waals surface area contributed by atoms with E-state index in [1.54, 1.807) is 6.07 Å². The monoisotopic (exact) mass is 538 g/mol. The molecule has 3 fully saturated rings. The van der Waals surface area contributed by atoms with E-state index in [9.17, 15) is 9.90 Å². The number of benzene rings is 2. The molecule has 39 heavy (non-hydrogen) atoms. The molecule has 0 saturated carbocycles. The Morgan fingerprint density at radius 1 is 1.13 bits per heavy atom. The van der Waals surface area contributed by atoms with Crippen molar-refractivity contribution in [3.8, 4) is 0 Å². The topological polar surface area (TPSA) is 98.7 Å². The molecule has 3 heterocycles. The second-order valence-electron chi connectivity index (χ2n) is 10.4. The Kier molecular flexibility index (Phi) is 8.96. The zero-order valence-electron chi connectivity index (χ0n) is 22.4. The Balaban J connectivity index is 1.33. The maximum Gasteiger partial charge on any atom is 0.411 e. The second-order valence-corrected chi connectivity index (χ2v) is 10.4. The molecule has 5 rings (SSSR count). The van der Waals surface area contributed by atoms with E-state index in [4.69, 9.17) is 23.7 Å². The Labute approximate surface area is 229 Å². The number of anilines is 1. The standard InChI is InChI=1S/C30H38N2O7/c1-3-15-35-29(34)31-25-6-4-5-24(18-25)28-38-26(19-32-13-11-30(12-14-32)36-16-17-37-30)21(2)27(39-28)23-9-7-22(20-33)8-10-23/h3-10,18,21,26-28,33H,1,11-17,19-20H2,2H3,(H,31,34)/t21-,26+,27+,28+/m0/s1. The molecule has 0 bridgehead atoms. The van der Waals surface area contributed by atoms with Crippen molar-refractivity contribution in [2.24, 2.45) is 5.92 Å². The number of ether oxygens (including phenoxy) is 5. The van der Waals surface area contributed by atoms with Crippen molar-refractivity contribution in [3.63, 3.8) is 0 Å². The highest BCUT2D eigenvalue weighted by Crippen LogP contribution is 2.42. The minimum atomic E-state index is -0.628. The molecule has 3 aliphatic heterocycles. The van der Waals surface area contributed by atoms with Crippen LogP contribution in [0, 0.1) is 5.92 Å². The normalized spacial score (nSPS) is 26.8. The molecule has 2 aromatic rings. The van der Waals surface area contributed by atoms with Crippen molar-refractivity contribution in [1.82, 2.24) is 4.90 Å². The summed E-state index contributed by atoms with van der Waals surface area (Å²) in [5.41, 5.74) is 3.28. The molecule has 9 heteroatoms. The first kappa shape index (κ1) is 27.8. The summed E-state index contributed by atoms with van der Waals surface area (Å²) in [6, 6.07) is 15.3. The predicted octanol–water partition coefficient (Wildman–Crippen LogP) is 4.54. The van der Waals surface area contributed by atoms with E-state index in [1.807, 2.05) is 42.5 Å². The van der Waals surface area contributed by atoms with Gasteiger partial charge in [-0.2, -0.15) is 0 Å². The third-order valence-corrected chi connectivity index (χ3v) is 7.73. The molecule has 9 nitrogen and oxygen atoms in total. The number of likely N-dealkylation sites (tertiary alicyclic amines) is 1. The molecule has 2 aromatic carbocycles. The van der Waals surface area contributed by atoms with Crippen LogP contribution in [0.2, 0.25) is 0 Å². The molecular formula is C30H38N2O7. The van der Waals surface area contributed by atoms with Crippen molar-refractivity contribution in [2.45, 2.75) is 50.7 Å². The minimum Gasteiger partial charge on any atom is -0.445 e. The molecule has 1 amide bonds. The molecule has 3 aliphatic rings. The Morgan fingerprint density at radius 3 is 2.56 bits per heavy atom. The Hall–Kier alpha value is -2.79. The predicted molar refractivity (Wildman–Crippen MR) is 145 cm³/mol. The molecule has 0 aliphatic carbocycles. The lowest BCUT2D eigenvalue weighted by Gasteiger charge is -2.44. The van der Waals surface area contributed by atoms with Gasteiger partial charge in [-0.15, -0.1) is 0 Å². The Morgan fingerprint density at radius 2 is 1.87 bits per heavy atom. The molecule has 3 saturated heterocycles. The van der Waals surface area contributed by atoms with E-state index >= 15 is 0 Å². The number of rotatable bonds is 8. The van der Waals surface area contributed by atoms with Gasteiger partial charge in [-0.3, -0.25) is 5.32 Å². The number of piperidine rings is 1. The van der Waals surface area contributed by atoms with Gasteiger partial charge in [-0.05, 0) is 23.3 Å². The fraction of sp³-hybridized carbons (Fsp3) is 0.500. The van der Waals surface area contributed by atoms with Gasteiger partial charge in [0.25, 0.3) is 0 Å². The van der Waals surface area contributed by atoms with E-state index < -0.39 is 18.2 Å². The number of hydrogen-bond donors (Lipinski definition) is 2. The highest BCUT2D eigenvalue weighted by Gasteiger charge is 2.43. The highest BCUT2D eigenvalue weighted by atomic mass is 16.7. The number of carbonyl (C=O) groups is 1. The van der Waals surface area contributed by atoms with E-state index in [-0.39, 0.29) is 31.3 Å². The maximum absolute atomic E-state index is 12.1. The van der Waals surface area contributed by atoms with E-state index in [0.717, 1.165) is 49.2 Å². The van der Waals surface area contributed by atoms with Gasteiger partial charge in [-0.1, -0.05) is 56.0 Å². The number of carbonyl (C=O) groups excluding carboxylic acids is 1. The molecule has 210 valence electrons. The van der Waals surface area contributed by atoms with Gasteiger partial charge in [0.2, 0.25) is 0 Å². The lowest BCUT2D eigenvalue weighted by atomic mass is 9.89. The van der Waals surface area contributed by atoms with Gasteiger partial charge in [0.05, 0.1) is 32.0 Å². The summed E-state index contributed by atoms with van der Waals surface area (Å²) in [4.78, 5) is 14.5. The summed E-state index contributed by atoms with van der Waals surface area (Å²) in [5, 5.41) is 12.2. The lowest BCUT2D eigenvalue weighted by molar-refractivity contribution is -0.278. The zero-order chi connectivity index (χ0) is 27.2. The molecule has 1 spiro atoms. The average Bonchev–Trinajstić information content (AvgIpc) is 3.42. The first-order chi connectivity index (χ1) is 19.0. The van der Waals surface area contributed by atoms with Crippen LogP contribution in [-0.2, 0) is 30.3 Å². The molecular weight excluding hydrogens is 500 g/mol. The number of aliphatic hydroxyl groups is 1. The van der Waals surface area contributed by atoms with Crippen LogP contribution in [0.5, 0.6) is 0 Å². The number of amides is 1. The van der Waals surface area contributed by atoms with Gasteiger partial charge >= 0.3 is 6.09 Å². The summed E-state index contributed by atoms with van der Waals surface area (Å²) in [7, 11) is 0. The van der Waals surface area contributed by atoms with Crippen molar-refractivity contribution in [1.29, 1.82) is 0 Å². The molecule has 2 N–H and O–H groups in total. The van der Waals surface area contributed by atoms with E-state index in [1.165, 1.54) is 6.08 Å². The van der Waals surface area contributed by atoms with Crippen molar-refractivity contribution in [3.05, 3.63) is 77.9 Å². The van der Waals surface area contributed by atoms with Crippen LogP contribution in [0.1, 0.15) is 48.8 Å². The fourth-order valence-corrected chi connectivity index (χ4v) is 5.50. The van der Waals surface area contributed by atoms with Crippen LogP contribution in [0.15, 0.2) is 61.2 Å². The summed E-state index contributed by atoms with van der Waals surface area (Å²) in [6.07, 6.45) is 1.71. The van der Waals surface area contributed by atoms with Crippen LogP contribution in [0.25, 0.3) is 0 Å². The smallest absolute Gasteiger partial charge is 0.411 e. The SMILES string of the molecule is C=CCOC(=O)Nc1cccc([C@@H]2O[C@H](CN3CCC4(CC3)OCCO4)[C@H](C)[C@H](c3ccc(CO)cc3)O2)c1. The molecule has 0 radical (unpaired) electrons. The highest BCUT2D eigenvalue weighted by molar-refractivity contribution is 5.84. The molecule has 0 aromatic heterocycles. The van der Waals surface area contributed by atoms with Crippen LogP contribution >= 0.6 is 0 Å².